The summed E-state index contributed by atoms with van der Waals surface area (Å²) in [4.78, 5) is 0.167. The molecule has 0 bridgehead atoms. The average Bonchev–Trinajstić information content (AvgIpc) is 2.55. The molecule has 0 aliphatic rings. The van der Waals surface area contributed by atoms with Crippen molar-refractivity contribution in [3.8, 4) is 17.9 Å². The third kappa shape index (κ3) is 4.43. The molecule has 2 aromatic carbocycles. The fourth-order valence-corrected chi connectivity index (χ4v) is 3.16. The molecule has 23 heavy (non-hydrogen) atoms. The predicted octanol–water partition coefficient (Wildman–Crippen LogP) is 2.56. The molecule has 0 saturated heterocycles. The molecule has 0 unspecified atom stereocenters. The van der Waals surface area contributed by atoms with Gasteiger partial charge in [0.25, 0.3) is 0 Å². The summed E-state index contributed by atoms with van der Waals surface area (Å²) in [5.41, 5.74) is 1.77. The molecular formula is C18H16N2O2S. The second-order valence-corrected chi connectivity index (χ2v) is 6.85. The first-order valence-electron chi connectivity index (χ1n) is 7.02. The van der Waals surface area contributed by atoms with Crippen molar-refractivity contribution in [1.82, 2.24) is 4.31 Å². The van der Waals surface area contributed by atoms with Gasteiger partial charge in [-0.1, -0.05) is 47.7 Å². The quantitative estimate of drug-likeness (QED) is 0.641. The van der Waals surface area contributed by atoms with Crippen LogP contribution < -0.4 is 0 Å². The van der Waals surface area contributed by atoms with Crippen molar-refractivity contribution in [3.63, 3.8) is 0 Å². The van der Waals surface area contributed by atoms with Crippen LogP contribution in [0.3, 0.4) is 0 Å². The highest BCUT2D eigenvalue weighted by Crippen LogP contribution is 2.15. The van der Waals surface area contributed by atoms with E-state index in [0.717, 1.165) is 15.4 Å². The number of benzene rings is 2. The van der Waals surface area contributed by atoms with E-state index in [9.17, 15) is 8.42 Å². The van der Waals surface area contributed by atoms with Crippen LogP contribution in [0.5, 0.6) is 0 Å². The Hall–Kier alpha value is -2.60. The molecule has 0 aliphatic carbocycles. The molecule has 0 aliphatic heterocycles. The van der Waals surface area contributed by atoms with Gasteiger partial charge in [-0.3, -0.25) is 0 Å². The predicted molar refractivity (Wildman–Crippen MR) is 88.9 cm³/mol. The first kappa shape index (κ1) is 16.8. The Morgan fingerprint density at radius 3 is 2.26 bits per heavy atom. The maximum Gasteiger partial charge on any atom is 0.244 e. The molecule has 4 nitrogen and oxygen atoms in total. The summed E-state index contributed by atoms with van der Waals surface area (Å²) in [5, 5.41) is 8.90. The first-order valence-corrected chi connectivity index (χ1v) is 8.46. The van der Waals surface area contributed by atoms with Gasteiger partial charge < -0.3 is 0 Å². The number of hydrogen-bond donors (Lipinski definition) is 0. The van der Waals surface area contributed by atoms with Crippen LogP contribution >= 0.6 is 0 Å². The van der Waals surface area contributed by atoms with Crippen molar-refractivity contribution >= 4 is 10.0 Å². The molecule has 0 atom stereocenters. The number of rotatable bonds is 4. The van der Waals surface area contributed by atoms with Crippen LogP contribution in [0, 0.1) is 30.1 Å². The second kappa shape index (κ2) is 7.60. The monoisotopic (exact) mass is 324 g/mol. The molecule has 0 heterocycles. The summed E-state index contributed by atoms with van der Waals surface area (Å²) in [5.74, 6) is 5.72. The van der Waals surface area contributed by atoms with Crippen molar-refractivity contribution in [2.45, 2.75) is 11.8 Å². The number of nitrogens with zero attached hydrogens (tertiary/aromatic N) is 2. The van der Waals surface area contributed by atoms with E-state index in [1.807, 2.05) is 43.3 Å². The molecule has 5 heteroatoms. The third-order valence-electron chi connectivity index (χ3n) is 3.17. The van der Waals surface area contributed by atoms with E-state index in [0.29, 0.717) is 0 Å². The average molecular weight is 324 g/mol. The molecule has 0 fully saturated rings. The number of hydrogen-bond acceptors (Lipinski definition) is 3. The van der Waals surface area contributed by atoms with Gasteiger partial charge in [0.1, 0.15) is 6.54 Å². The van der Waals surface area contributed by atoms with Gasteiger partial charge in [-0.15, -0.1) is 0 Å². The summed E-state index contributed by atoms with van der Waals surface area (Å²) in [6.45, 7) is 1.62. The third-order valence-corrected chi connectivity index (χ3v) is 4.97. The lowest BCUT2D eigenvalue weighted by atomic mass is 10.2. The maximum absolute atomic E-state index is 12.6. The van der Waals surface area contributed by atoms with E-state index in [1.54, 1.807) is 24.3 Å². The summed E-state index contributed by atoms with van der Waals surface area (Å²) < 4.78 is 26.2. The summed E-state index contributed by atoms with van der Waals surface area (Å²) in [6, 6.07) is 17.7. The fourth-order valence-electron chi connectivity index (χ4n) is 1.92. The van der Waals surface area contributed by atoms with E-state index >= 15 is 0 Å². The van der Waals surface area contributed by atoms with Crippen molar-refractivity contribution in [2.24, 2.45) is 0 Å². The molecule has 116 valence electrons. The van der Waals surface area contributed by atoms with Gasteiger partial charge in [-0.2, -0.15) is 9.57 Å². The Labute approximate surface area is 137 Å². The Bertz CT molecular complexity index is 855. The summed E-state index contributed by atoms with van der Waals surface area (Å²) >= 11 is 0. The molecule has 0 aromatic heterocycles. The Morgan fingerprint density at radius 1 is 1.00 bits per heavy atom. The maximum atomic E-state index is 12.6. The smallest absolute Gasteiger partial charge is 0.207 e. The molecule has 0 saturated carbocycles. The van der Waals surface area contributed by atoms with E-state index in [4.69, 9.17) is 5.26 Å². The van der Waals surface area contributed by atoms with Crippen molar-refractivity contribution < 1.29 is 8.42 Å². The highest BCUT2D eigenvalue weighted by Gasteiger charge is 2.23. The van der Waals surface area contributed by atoms with E-state index < -0.39 is 10.0 Å². The second-order valence-electron chi connectivity index (χ2n) is 4.91. The van der Waals surface area contributed by atoms with Gasteiger partial charge in [-0.05, 0) is 31.2 Å². The first-order chi connectivity index (χ1) is 11.0. The van der Waals surface area contributed by atoms with Crippen molar-refractivity contribution in [1.29, 1.82) is 5.26 Å². The highest BCUT2D eigenvalue weighted by atomic mass is 32.2. The van der Waals surface area contributed by atoms with Crippen LogP contribution in [0.4, 0.5) is 0 Å². The van der Waals surface area contributed by atoms with Crippen LogP contribution in [0.15, 0.2) is 59.5 Å². The van der Waals surface area contributed by atoms with E-state index in [2.05, 4.69) is 11.8 Å². The topological polar surface area (TPSA) is 61.2 Å². The van der Waals surface area contributed by atoms with Gasteiger partial charge in [0.2, 0.25) is 10.0 Å². The molecule has 2 rings (SSSR count). The van der Waals surface area contributed by atoms with Crippen LogP contribution in [0.25, 0.3) is 0 Å². The molecule has 0 N–H and O–H groups in total. The lowest BCUT2D eigenvalue weighted by molar-refractivity contribution is 0.481. The van der Waals surface area contributed by atoms with Crippen LogP contribution in [-0.4, -0.2) is 25.8 Å². The zero-order valence-electron chi connectivity index (χ0n) is 12.7. The van der Waals surface area contributed by atoms with E-state index in [1.165, 1.54) is 0 Å². The molecule has 0 amide bonds. The Kier molecular flexibility index (Phi) is 5.54. The normalized spacial score (nSPS) is 10.7. The van der Waals surface area contributed by atoms with Gasteiger partial charge in [0.15, 0.2) is 0 Å². The largest absolute Gasteiger partial charge is 0.244 e. The van der Waals surface area contributed by atoms with Gasteiger partial charge in [-0.25, -0.2) is 8.42 Å². The van der Waals surface area contributed by atoms with Crippen LogP contribution in [0.1, 0.15) is 11.1 Å². The molecular weight excluding hydrogens is 308 g/mol. The standard InChI is InChI=1S/C18H16N2O2S/c1-16-9-11-18(12-10-16)23(21,22)20(15-13-19)14-5-8-17-6-3-2-4-7-17/h2-4,6-7,9-12H,14-15H2,1H3. The van der Waals surface area contributed by atoms with Crippen molar-refractivity contribution in [3.05, 3.63) is 65.7 Å². The fraction of sp³-hybridized carbons (Fsp3) is 0.167. The number of sulfonamides is 1. The summed E-state index contributed by atoms with van der Waals surface area (Å²) in [7, 11) is -3.73. The Morgan fingerprint density at radius 2 is 1.65 bits per heavy atom. The minimum absolute atomic E-state index is 0.0291. The zero-order valence-corrected chi connectivity index (χ0v) is 13.5. The van der Waals surface area contributed by atoms with Gasteiger partial charge >= 0.3 is 0 Å². The summed E-state index contributed by atoms with van der Waals surface area (Å²) in [6.07, 6.45) is 0. The van der Waals surface area contributed by atoms with Crippen LogP contribution in [0.2, 0.25) is 0 Å². The van der Waals surface area contributed by atoms with E-state index in [-0.39, 0.29) is 18.0 Å². The Balaban J connectivity index is 2.23. The zero-order chi connectivity index (χ0) is 16.7. The van der Waals surface area contributed by atoms with Crippen molar-refractivity contribution in [2.75, 3.05) is 13.1 Å². The SMILES string of the molecule is Cc1ccc(S(=O)(=O)N(CC#N)CC#Cc2ccccc2)cc1. The number of nitriles is 1. The van der Waals surface area contributed by atoms with Gasteiger partial charge in [0.05, 0.1) is 17.5 Å². The minimum atomic E-state index is -3.73. The lowest BCUT2D eigenvalue weighted by Crippen LogP contribution is -2.31. The molecule has 0 spiro atoms. The minimum Gasteiger partial charge on any atom is -0.207 e. The highest BCUT2D eigenvalue weighted by molar-refractivity contribution is 7.89. The molecule has 0 radical (unpaired) electrons. The lowest BCUT2D eigenvalue weighted by Gasteiger charge is -2.16. The number of aryl methyl sites for hydroxylation is 1. The van der Waals surface area contributed by atoms with Crippen LogP contribution in [-0.2, 0) is 10.0 Å². The van der Waals surface area contributed by atoms with Gasteiger partial charge in [0, 0.05) is 5.56 Å². The molecule has 2 aromatic rings.